The van der Waals surface area contributed by atoms with Crippen LogP contribution in [0.1, 0.15) is 17.5 Å². The van der Waals surface area contributed by atoms with Gasteiger partial charge in [0.05, 0.1) is 4.90 Å². The van der Waals surface area contributed by atoms with Gasteiger partial charge in [-0.25, -0.2) is 8.42 Å². The average molecular weight is 411 g/mol. The van der Waals surface area contributed by atoms with E-state index >= 15 is 0 Å². The van der Waals surface area contributed by atoms with E-state index in [0.29, 0.717) is 4.47 Å². The highest BCUT2D eigenvalue weighted by molar-refractivity contribution is 9.10. The molecule has 128 valence electrons. The monoisotopic (exact) mass is 410 g/mol. The number of benzene rings is 2. The van der Waals surface area contributed by atoms with Crippen molar-refractivity contribution in [1.29, 1.82) is 0 Å². The number of sulfonamides is 1. The zero-order valence-corrected chi connectivity index (χ0v) is 15.7. The minimum absolute atomic E-state index is 0.0322. The van der Waals surface area contributed by atoms with Gasteiger partial charge in [-0.3, -0.25) is 4.79 Å². The van der Waals surface area contributed by atoms with Crippen LogP contribution in [0.2, 0.25) is 0 Å². The van der Waals surface area contributed by atoms with Crippen molar-refractivity contribution in [2.75, 3.05) is 6.54 Å². The first kappa shape index (κ1) is 18.6. The van der Waals surface area contributed by atoms with Gasteiger partial charge in [0.25, 0.3) is 0 Å². The molecule has 2 aromatic carbocycles. The van der Waals surface area contributed by atoms with Crippen LogP contribution in [0.15, 0.2) is 57.9 Å². The lowest BCUT2D eigenvalue weighted by Crippen LogP contribution is -2.34. The predicted molar refractivity (Wildman–Crippen MR) is 96.7 cm³/mol. The van der Waals surface area contributed by atoms with Gasteiger partial charge in [-0.2, -0.15) is 4.31 Å². The predicted octanol–water partition coefficient (Wildman–Crippen LogP) is 2.82. The number of carbonyl (C=O) groups is 1. The van der Waals surface area contributed by atoms with E-state index in [1.165, 1.54) is 4.31 Å². The zero-order chi connectivity index (χ0) is 17.7. The van der Waals surface area contributed by atoms with Crippen LogP contribution in [0.25, 0.3) is 0 Å². The molecule has 0 saturated heterocycles. The van der Waals surface area contributed by atoms with Gasteiger partial charge in [0, 0.05) is 24.0 Å². The van der Waals surface area contributed by atoms with Crippen molar-refractivity contribution >= 4 is 31.9 Å². The summed E-state index contributed by atoms with van der Waals surface area (Å²) in [4.78, 5) is 11.3. The minimum atomic E-state index is -3.76. The van der Waals surface area contributed by atoms with E-state index < -0.39 is 15.9 Å². The number of hydrogen-bond donors (Lipinski definition) is 1. The molecule has 2 N–H and O–H groups in total. The molecule has 0 saturated carbocycles. The fourth-order valence-electron chi connectivity index (χ4n) is 2.26. The maximum atomic E-state index is 13.0. The van der Waals surface area contributed by atoms with Crippen LogP contribution in [0.5, 0.6) is 0 Å². The number of nitrogens with two attached hydrogens (primary N) is 1. The Labute approximate surface area is 150 Å². The Morgan fingerprint density at radius 1 is 1.17 bits per heavy atom. The third-order valence-electron chi connectivity index (χ3n) is 3.51. The number of aryl methyl sites for hydroxylation is 1. The van der Waals surface area contributed by atoms with Crippen molar-refractivity contribution in [2.24, 2.45) is 5.73 Å². The molecule has 0 spiro atoms. The number of carbonyl (C=O) groups excluding carboxylic acids is 1. The molecule has 1 amide bonds. The topological polar surface area (TPSA) is 80.5 Å². The van der Waals surface area contributed by atoms with Crippen molar-refractivity contribution in [1.82, 2.24) is 4.31 Å². The SMILES string of the molecule is Cc1ccc(S(=O)(=O)N(CCC(N)=O)Cc2ccccc2)c(Br)c1. The third-order valence-corrected chi connectivity index (χ3v) is 6.34. The highest BCUT2D eigenvalue weighted by Crippen LogP contribution is 2.27. The smallest absolute Gasteiger partial charge is 0.244 e. The van der Waals surface area contributed by atoms with Gasteiger partial charge in [0.2, 0.25) is 15.9 Å². The minimum Gasteiger partial charge on any atom is -0.370 e. The molecule has 0 heterocycles. The summed E-state index contributed by atoms with van der Waals surface area (Å²) < 4.78 is 27.8. The largest absolute Gasteiger partial charge is 0.370 e. The molecule has 2 aromatic rings. The molecule has 7 heteroatoms. The van der Waals surface area contributed by atoms with Crippen molar-refractivity contribution in [3.8, 4) is 0 Å². The molecule has 0 aromatic heterocycles. The lowest BCUT2D eigenvalue weighted by molar-refractivity contribution is -0.118. The molecule has 0 aliphatic rings. The zero-order valence-electron chi connectivity index (χ0n) is 13.3. The summed E-state index contributed by atoms with van der Waals surface area (Å²) >= 11 is 3.32. The highest BCUT2D eigenvalue weighted by atomic mass is 79.9. The van der Waals surface area contributed by atoms with E-state index in [9.17, 15) is 13.2 Å². The van der Waals surface area contributed by atoms with Crippen LogP contribution in [0.3, 0.4) is 0 Å². The lowest BCUT2D eigenvalue weighted by Gasteiger charge is -2.22. The summed E-state index contributed by atoms with van der Waals surface area (Å²) in [7, 11) is -3.76. The van der Waals surface area contributed by atoms with Gasteiger partial charge < -0.3 is 5.73 Å². The second kappa shape index (κ2) is 7.92. The van der Waals surface area contributed by atoms with Crippen LogP contribution < -0.4 is 5.73 Å². The summed E-state index contributed by atoms with van der Waals surface area (Å²) in [6.45, 7) is 2.10. The first-order chi connectivity index (χ1) is 11.3. The Morgan fingerprint density at radius 3 is 2.42 bits per heavy atom. The van der Waals surface area contributed by atoms with E-state index in [2.05, 4.69) is 15.9 Å². The van der Waals surface area contributed by atoms with Crippen LogP contribution >= 0.6 is 15.9 Å². The second-order valence-electron chi connectivity index (χ2n) is 5.47. The summed E-state index contributed by atoms with van der Waals surface area (Å²) in [5.74, 6) is -0.536. The fourth-order valence-corrected chi connectivity index (χ4v) is 4.84. The first-order valence-electron chi connectivity index (χ1n) is 7.39. The maximum Gasteiger partial charge on any atom is 0.244 e. The average Bonchev–Trinajstić information content (AvgIpc) is 2.51. The molecule has 0 unspecified atom stereocenters. The highest BCUT2D eigenvalue weighted by Gasteiger charge is 2.27. The Balaban J connectivity index is 2.38. The van der Waals surface area contributed by atoms with Crippen molar-refractivity contribution in [2.45, 2.75) is 24.8 Å². The standard InChI is InChI=1S/C17H19BrN2O3S/c1-13-7-8-16(15(18)11-13)24(22,23)20(10-9-17(19)21)12-14-5-3-2-4-6-14/h2-8,11H,9-10,12H2,1H3,(H2,19,21). The van der Waals surface area contributed by atoms with Gasteiger partial charge >= 0.3 is 0 Å². The Morgan fingerprint density at radius 2 is 1.83 bits per heavy atom. The van der Waals surface area contributed by atoms with E-state index in [0.717, 1.165) is 11.1 Å². The molecule has 2 rings (SSSR count). The van der Waals surface area contributed by atoms with Crippen LogP contribution in [0, 0.1) is 6.92 Å². The summed E-state index contributed by atoms with van der Waals surface area (Å²) in [6.07, 6.45) is -0.0322. The molecule has 5 nitrogen and oxygen atoms in total. The van der Waals surface area contributed by atoms with Crippen LogP contribution in [-0.2, 0) is 21.4 Å². The van der Waals surface area contributed by atoms with Crippen molar-refractivity contribution < 1.29 is 13.2 Å². The Bertz CT molecular complexity index is 823. The molecule has 24 heavy (non-hydrogen) atoms. The van der Waals surface area contributed by atoms with Crippen LogP contribution in [0.4, 0.5) is 0 Å². The molecule has 0 atom stereocenters. The van der Waals surface area contributed by atoms with E-state index in [4.69, 9.17) is 5.73 Å². The summed E-state index contributed by atoms with van der Waals surface area (Å²) in [6, 6.07) is 14.3. The maximum absolute atomic E-state index is 13.0. The molecule has 0 bridgehead atoms. The summed E-state index contributed by atoms with van der Waals surface area (Å²) in [5.41, 5.74) is 6.99. The number of halogens is 1. The quantitative estimate of drug-likeness (QED) is 0.761. The van der Waals surface area contributed by atoms with Gasteiger partial charge in [-0.05, 0) is 46.1 Å². The molecule has 0 aliphatic heterocycles. The van der Waals surface area contributed by atoms with E-state index in [1.54, 1.807) is 18.2 Å². The Kier molecular flexibility index (Phi) is 6.15. The number of amides is 1. The van der Waals surface area contributed by atoms with Crippen LogP contribution in [-0.4, -0.2) is 25.2 Å². The molecular formula is C17H19BrN2O3S. The number of hydrogen-bond acceptors (Lipinski definition) is 3. The number of rotatable bonds is 7. The van der Waals surface area contributed by atoms with E-state index in [-0.39, 0.29) is 24.4 Å². The Hall–Kier alpha value is -1.70. The van der Waals surface area contributed by atoms with Gasteiger partial charge in [0.15, 0.2) is 0 Å². The normalized spacial score (nSPS) is 11.6. The van der Waals surface area contributed by atoms with Gasteiger partial charge in [-0.15, -0.1) is 0 Å². The van der Waals surface area contributed by atoms with E-state index in [1.807, 2.05) is 37.3 Å². The van der Waals surface area contributed by atoms with Crippen molar-refractivity contribution in [3.63, 3.8) is 0 Å². The molecule has 0 radical (unpaired) electrons. The third kappa shape index (κ3) is 4.66. The first-order valence-corrected chi connectivity index (χ1v) is 9.62. The number of nitrogens with zero attached hydrogens (tertiary/aromatic N) is 1. The summed E-state index contributed by atoms with van der Waals surface area (Å²) in [5, 5.41) is 0. The molecule has 0 aliphatic carbocycles. The second-order valence-corrected chi connectivity index (χ2v) is 8.24. The molecular weight excluding hydrogens is 392 g/mol. The number of primary amides is 1. The molecule has 0 fully saturated rings. The van der Waals surface area contributed by atoms with Gasteiger partial charge in [-0.1, -0.05) is 36.4 Å². The fraction of sp³-hybridized carbons (Fsp3) is 0.235. The van der Waals surface area contributed by atoms with Gasteiger partial charge in [0.1, 0.15) is 0 Å². The van der Waals surface area contributed by atoms with Crippen molar-refractivity contribution in [3.05, 3.63) is 64.1 Å². The lowest BCUT2D eigenvalue weighted by atomic mass is 10.2.